The van der Waals surface area contributed by atoms with Gasteiger partial charge in [0.2, 0.25) is 5.28 Å². The molecular weight excluding hydrogens is 250 g/mol. The van der Waals surface area contributed by atoms with Crippen LogP contribution in [0.4, 0.5) is 8.78 Å². The molecule has 3 nitrogen and oxygen atoms in total. The van der Waals surface area contributed by atoms with Crippen molar-refractivity contribution in [2.45, 2.75) is 6.61 Å². The van der Waals surface area contributed by atoms with Gasteiger partial charge >= 0.3 is 6.61 Å². The monoisotopic (exact) mass is 256 g/mol. The lowest BCUT2D eigenvalue weighted by atomic mass is 10.1. The Labute approximate surface area is 101 Å². The van der Waals surface area contributed by atoms with E-state index in [0.717, 1.165) is 11.1 Å². The molecule has 0 unspecified atom stereocenters. The fraction of sp³-hybridized carbons (Fsp3) is 0.0909. The molecule has 2 aromatic rings. The van der Waals surface area contributed by atoms with E-state index in [2.05, 4.69) is 14.7 Å². The van der Waals surface area contributed by atoms with E-state index in [1.54, 1.807) is 24.5 Å². The smallest absolute Gasteiger partial charge is 0.387 e. The van der Waals surface area contributed by atoms with Crippen LogP contribution in [0.1, 0.15) is 0 Å². The minimum absolute atomic E-state index is 0.110. The highest BCUT2D eigenvalue weighted by molar-refractivity contribution is 6.28. The summed E-state index contributed by atoms with van der Waals surface area (Å²) in [6.07, 6.45) is 3.11. The zero-order valence-corrected chi connectivity index (χ0v) is 9.23. The third kappa shape index (κ3) is 3.10. The fourth-order valence-corrected chi connectivity index (χ4v) is 1.39. The highest BCUT2D eigenvalue weighted by atomic mass is 35.5. The van der Waals surface area contributed by atoms with E-state index in [9.17, 15) is 8.78 Å². The molecule has 0 aliphatic heterocycles. The van der Waals surface area contributed by atoms with Crippen molar-refractivity contribution in [2.24, 2.45) is 0 Å². The minimum atomic E-state index is -2.82. The number of aromatic nitrogens is 2. The first-order valence-corrected chi connectivity index (χ1v) is 5.06. The molecule has 0 fully saturated rings. The average molecular weight is 257 g/mol. The quantitative estimate of drug-likeness (QED) is 0.790. The molecule has 0 spiro atoms. The highest BCUT2D eigenvalue weighted by Gasteiger charge is 2.04. The Morgan fingerprint density at radius 3 is 2.12 bits per heavy atom. The lowest BCUT2D eigenvalue weighted by Crippen LogP contribution is -2.01. The Balaban J connectivity index is 2.20. The van der Waals surface area contributed by atoms with Crippen molar-refractivity contribution in [3.05, 3.63) is 41.9 Å². The first-order valence-electron chi connectivity index (χ1n) is 4.68. The summed E-state index contributed by atoms with van der Waals surface area (Å²) in [5.41, 5.74) is 1.54. The zero-order chi connectivity index (χ0) is 12.3. The summed E-state index contributed by atoms with van der Waals surface area (Å²) in [6.45, 7) is -2.82. The SMILES string of the molecule is FC(F)Oc1ccc(-c2cnc(Cl)nc2)cc1. The van der Waals surface area contributed by atoms with Gasteiger partial charge in [-0.05, 0) is 29.3 Å². The largest absolute Gasteiger partial charge is 0.435 e. The van der Waals surface area contributed by atoms with Gasteiger partial charge in [0.1, 0.15) is 5.75 Å². The Kier molecular flexibility index (Phi) is 3.49. The second-order valence-electron chi connectivity index (χ2n) is 3.14. The van der Waals surface area contributed by atoms with Crippen molar-refractivity contribution >= 4 is 11.6 Å². The molecule has 2 rings (SSSR count). The van der Waals surface area contributed by atoms with Crippen molar-refractivity contribution in [3.63, 3.8) is 0 Å². The minimum Gasteiger partial charge on any atom is -0.435 e. The lowest BCUT2D eigenvalue weighted by Gasteiger charge is -2.05. The number of ether oxygens (including phenoxy) is 1. The summed E-state index contributed by atoms with van der Waals surface area (Å²) in [7, 11) is 0. The van der Waals surface area contributed by atoms with Crippen LogP contribution in [0.3, 0.4) is 0 Å². The van der Waals surface area contributed by atoms with E-state index < -0.39 is 6.61 Å². The molecule has 1 heterocycles. The number of hydrogen-bond acceptors (Lipinski definition) is 3. The summed E-state index contributed by atoms with van der Waals surface area (Å²) in [6, 6.07) is 6.20. The summed E-state index contributed by atoms with van der Waals surface area (Å²) in [5.74, 6) is 0.110. The normalized spacial score (nSPS) is 10.6. The van der Waals surface area contributed by atoms with E-state index in [1.807, 2.05) is 0 Å². The molecule has 88 valence electrons. The number of benzene rings is 1. The summed E-state index contributed by atoms with van der Waals surface area (Å²) >= 11 is 5.56. The van der Waals surface area contributed by atoms with Crippen LogP contribution in [0, 0.1) is 0 Å². The van der Waals surface area contributed by atoms with E-state index in [1.165, 1.54) is 12.1 Å². The third-order valence-electron chi connectivity index (χ3n) is 2.03. The van der Waals surface area contributed by atoms with Crippen molar-refractivity contribution in [1.82, 2.24) is 9.97 Å². The van der Waals surface area contributed by atoms with Gasteiger partial charge in [-0.2, -0.15) is 8.78 Å². The molecule has 0 aliphatic rings. The van der Waals surface area contributed by atoms with Crippen LogP contribution in [-0.4, -0.2) is 16.6 Å². The highest BCUT2D eigenvalue weighted by Crippen LogP contribution is 2.22. The van der Waals surface area contributed by atoms with Gasteiger partial charge in [-0.1, -0.05) is 12.1 Å². The van der Waals surface area contributed by atoms with E-state index in [0.29, 0.717) is 0 Å². The van der Waals surface area contributed by atoms with E-state index in [-0.39, 0.29) is 11.0 Å². The second-order valence-corrected chi connectivity index (χ2v) is 3.48. The van der Waals surface area contributed by atoms with Crippen molar-refractivity contribution in [1.29, 1.82) is 0 Å². The molecule has 0 atom stereocenters. The fourth-order valence-electron chi connectivity index (χ4n) is 1.29. The first-order chi connectivity index (χ1) is 8.15. The van der Waals surface area contributed by atoms with Crippen molar-refractivity contribution in [2.75, 3.05) is 0 Å². The Hall–Kier alpha value is -1.75. The van der Waals surface area contributed by atoms with E-state index >= 15 is 0 Å². The van der Waals surface area contributed by atoms with Gasteiger partial charge in [-0.15, -0.1) is 0 Å². The van der Waals surface area contributed by atoms with Crippen LogP contribution < -0.4 is 4.74 Å². The van der Waals surface area contributed by atoms with Gasteiger partial charge < -0.3 is 4.74 Å². The molecule has 0 N–H and O–H groups in total. The number of rotatable bonds is 3. The molecule has 1 aromatic heterocycles. The Bertz CT molecular complexity index is 488. The maximum Gasteiger partial charge on any atom is 0.387 e. The Morgan fingerprint density at radius 1 is 1.00 bits per heavy atom. The van der Waals surface area contributed by atoms with Crippen molar-refractivity contribution in [3.8, 4) is 16.9 Å². The summed E-state index contributed by atoms with van der Waals surface area (Å²) in [5, 5.41) is 0.159. The van der Waals surface area contributed by atoms with Crippen LogP contribution in [0.25, 0.3) is 11.1 Å². The Morgan fingerprint density at radius 2 is 1.59 bits per heavy atom. The molecule has 17 heavy (non-hydrogen) atoms. The third-order valence-corrected chi connectivity index (χ3v) is 2.23. The van der Waals surface area contributed by atoms with Crippen molar-refractivity contribution < 1.29 is 13.5 Å². The number of hydrogen-bond donors (Lipinski definition) is 0. The number of halogens is 3. The zero-order valence-electron chi connectivity index (χ0n) is 8.48. The van der Waals surface area contributed by atoms with Crippen LogP contribution >= 0.6 is 11.6 Å². The summed E-state index contributed by atoms with van der Waals surface area (Å²) < 4.78 is 28.1. The predicted molar refractivity (Wildman–Crippen MR) is 59.1 cm³/mol. The van der Waals surface area contributed by atoms with Crippen LogP contribution in [0.15, 0.2) is 36.7 Å². The van der Waals surface area contributed by atoms with Gasteiger partial charge in [0, 0.05) is 18.0 Å². The van der Waals surface area contributed by atoms with E-state index in [4.69, 9.17) is 11.6 Å². The molecule has 0 amide bonds. The number of nitrogens with zero attached hydrogens (tertiary/aromatic N) is 2. The van der Waals surface area contributed by atoms with Crippen LogP contribution in [-0.2, 0) is 0 Å². The molecule has 0 saturated heterocycles. The van der Waals surface area contributed by atoms with Gasteiger partial charge in [0.15, 0.2) is 0 Å². The molecule has 1 aromatic carbocycles. The average Bonchev–Trinajstić information content (AvgIpc) is 2.30. The number of alkyl halides is 2. The lowest BCUT2D eigenvalue weighted by molar-refractivity contribution is -0.0498. The van der Waals surface area contributed by atoms with Crippen LogP contribution in [0.2, 0.25) is 5.28 Å². The first kappa shape index (κ1) is 11.7. The van der Waals surface area contributed by atoms with Gasteiger partial charge in [0.05, 0.1) is 0 Å². The maximum atomic E-state index is 11.9. The molecule has 0 aliphatic carbocycles. The summed E-state index contributed by atoms with van der Waals surface area (Å²) in [4.78, 5) is 7.66. The predicted octanol–water partition coefficient (Wildman–Crippen LogP) is 3.40. The topological polar surface area (TPSA) is 35.0 Å². The van der Waals surface area contributed by atoms with Gasteiger partial charge in [-0.25, -0.2) is 9.97 Å². The van der Waals surface area contributed by atoms with Gasteiger partial charge in [0.25, 0.3) is 0 Å². The molecular formula is C11H7ClF2N2O. The second kappa shape index (κ2) is 5.05. The van der Waals surface area contributed by atoms with Gasteiger partial charge in [-0.3, -0.25) is 0 Å². The molecule has 0 bridgehead atoms. The van der Waals surface area contributed by atoms with Crippen LogP contribution in [0.5, 0.6) is 5.75 Å². The standard InChI is InChI=1S/C11H7ClF2N2O/c12-10-15-5-8(6-16-10)7-1-3-9(4-2-7)17-11(13)14/h1-6,11H. The molecule has 0 saturated carbocycles. The maximum absolute atomic E-state index is 11.9. The molecule has 6 heteroatoms. The molecule has 0 radical (unpaired) electrons.